The Morgan fingerprint density at radius 1 is 1.44 bits per heavy atom. The maximum Gasteiger partial charge on any atom is 0.183 e. The molecular weight excluding hydrogens is 226 g/mol. The van der Waals surface area contributed by atoms with Crippen LogP contribution in [0.1, 0.15) is 28.4 Å². The van der Waals surface area contributed by atoms with Gasteiger partial charge in [-0.15, -0.1) is 0 Å². The molecule has 1 atom stereocenters. The van der Waals surface area contributed by atoms with E-state index in [0.717, 1.165) is 11.1 Å². The molecule has 0 heterocycles. The van der Waals surface area contributed by atoms with Crippen molar-refractivity contribution >= 4 is 17.4 Å². The van der Waals surface area contributed by atoms with Crippen LogP contribution in [0.5, 0.6) is 5.75 Å². The van der Waals surface area contributed by atoms with Crippen molar-refractivity contribution in [3.63, 3.8) is 0 Å². The van der Waals surface area contributed by atoms with Crippen molar-refractivity contribution in [1.82, 2.24) is 0 Å². The summed E-state index contributed by atoms with van der Waals surface area (Å²) in [6.45, 7) is 5.37. The number of hydrogen-bond acceptors (Lipinski definition) is 3. The first-order chi connectivity index (χ1) is 7.40. The highest BCUT2D eigenvalue weighted by atomic mass is 35.5. The molecule has 2 N–H and O–H groups in total. The van der Waals surface area contributed by atoms with E-state index >= 15 is 0 Å². The molecule has 3 nitrogen and oxygen atoms in total. The van der Waals surface area contributed by atoms with Crippen LogP contribution in [0.15, 0.2) is 6.07 Å². The van der Waals surface area contributed by atoms with Gasteiger partial charge in [-0.3, -0.25) is 4.79 Å². The van der Waals surface area contributed by atoms with Crippen LogP contribution in [0.2, 0.25) is 5.02 Å². The summed E-state index contributed by atoms with van der Waals surface area (Å²) in [5, 5.41) is 0.470. The molecule has 0 aliphatic carbocycles. The van der Waals surface area contributed by atoms with Crippen molar-refractivity contribution in [3.05, 3.63) is 27.8 Å². The van der Waals surface area contributed by atoms with Crippen molar-refractivity contribution < 1.29 is 9.53 Å². The molecule has 1 aromatic rings. The average Bonchev–Trinajstić information content (AvgIpc) is 2.21. The Morgan fingerprint density at radius 2 is 2.00 bits per heavy atom. The number of ether oxygens (including phenoxy) is 1. The number of ketones is 1. The summed E-state index contributed by atoms with van der Waals surface area (Å²) in [6, 6.07) is 1.30. The summed E-state index contributed by atoms with van der Waals surface area (Å²) in [4.78, 5) is 11.9. The van der Waals surface area contributed by atoms with Gasteiger partial charge in [0.1, 0.15) is 5.75 Å². The second kappa shape index (κ2) is 4.85. The number of aryl methyl sites for hydroxylation is 2. The lowest BCUT2D eigenvalue weighted by Crippen LogP contribution is -2.27. The van der Waals surface area contributed by atoms with E-state index in [9.17, 15) is 4.79 Å². The molecule has 16 heavy (non-hydrogen) atoms. The number of rotatable bonds is 3. The van der Waals surface area contributed by atoms with Crippen LogP contribution in [-0.4, -0.2) is 18.9 Å². The molecule has 0 saturated carbocycles. The van der Waals surface area contributed by atoms with Gasteiger partial charge in [0.25, 0.3) is 0 Å². The summed E-state index contributed by atoms with van der Waals surface area (Å²) in [7, 11) is 1.50. The van der Waals surface area contributed by atoms with Crippen molar-refractivity contribution in [2.45, 2.75) is 26.8 Å². The molecule has 1 aromatic carbocycles. The number of hydrogen-bond donors (Lipinski definition) is 1. The highest BCUT2D eigenvalue weighted by molar-refractivity contribution is 6.33. The molecule has 88 valence electrons. The number of benzene rings is 1. The lowest BCUT2D eigenvalue weighted by Gasteiger charge is -2.15. The zero-order chi connectivity index (χ0) is 12.5. The lowest BCUT2D eigenvalue weighted by molar-refractivity contribution is 0.0964. The Hall–Kier alpha value is -1.06. The van der Waals surface area contributed by atoms with Gasteiger partial charge in [0.15, 0.2) is 5.78 Å². The molecule has 0 radical (unpaired) electrons. The van der Waals surface area contributed by atoms with Crippen molar-refractivity contribution in [2.24, 2.45) is 5.73 Å². The first-order valence-electron chi connectivity index (χ1n) is 5.03. The second-order valence-electron chi connectivity index (χ2n) is 3.89. The molecule has 1 rings (SSSR count). The van der Waals surface area contributed by atoms with Crippen LogP contribution >= 0.6 is 11.6 Å². The van der Waals surface area contributed by atoms with Gasteiger partial charge in [-0.1, -0.05) is 17.7 Å². The van der Waals surface area contributed by atoms with Gasteiger partial charge in [0.05, 0.1) is 23.7 Å². The van der Waals surface area contributed by atoms with E-state index in [-0.39, 0.29) is 5.78 Å². The Kier molecular flexibility index (Phi) is 3.94. The van der Waals surface area contributed by atoms with Gasteiger partial charge in [0, 0.05) is 0 Å². The normalized spacial score (nSPS) is 12.4. The zero-order valence-electron chi connectivity index (χ0n) is 9.93. The average molecular weight is 242 g/mol. The van der Waals surface area contributed by atoms with Gasteiger partial charge in [-0.05, 0) is 31.9 Å². The Bertz CT molecular complexity index is 428. The Balaban J connectivity index is 3.49. The third kappa shape index (κ3) is 2.20. The topological polar surface area (TPSA) is 52.3 Å². The fourth-order valence-electron chi connectivity index (χ4n) is 1.65. The predicted octanol–water partition coefficient (Wildman–Crippen LogP) is 2.50. The van der Waals surface area contributed by atoms with Crippen molar-refractivity contribution in [1.29, 1.82) is 0 Å². The molecule has 4 heteroatoms. The standard InChI is InChI=1S/C12H16ClNO2/c1-6-5-7(2)10(13)12(16-4)9(6)11(15)8(3)14/h5,8H,14H2,1-4H3. The third-order valence-electron chi connectivity index (χ3n) is 2.46. The number of carbonyl (C=O) groups is 1. The number of Topliss-reactive ketones (excluding diaryl/α,β-unsaturated/α-hetero) is 1. The van der Waals surface area contributed by atoms with E-state index in [2.05, 4.69) is 0 Å². The highest BCUT2D eigenvalue weighted by Crippen LogP contribution is 2.34. The maximum absolute atomic E-state index is 11.9. The summed E-state index contributed by atoms with van der Waals surface area (Å²) in [6.07, 6.45) is 0. The highest BCUT2D eigenvalue weighted by Gasteiger charge is 2.22. The van der Waals surface area contributed by atoms with Gasteiger partial charge in [-0.25, -0.2) is 0 Å². The molecule has 0 aromatic heterocycles. The maximum atomic E-state index is 11.9. The summed E-state index contributed by atoms with van der Waals surface area (Å²) in [5.74, 6) is 0.262. The molecular formula is C12H16ClNO2. The number of methoxy groups -OCH3 is 1. The molecule has 0 saturated heterocycles. The summed E-state index contributed by atoms with van der Waals surface area (Å²) in [5.41, 5.74) is 7.80. The number of nitrogens with two attached hydrogens (primary N) is 1. The van der Waals surface area contributed by atoms with Crippen LogP contribution in [0.3, 0.4) is 0 Å². The van der Waals surface area contributed by atoms with E-state index in [1.165, 1.54) is 7.11 Å². The van der Waals surface area contributed by atoms with E-state index in [1.807, 2.05) is 19.9 Å². The largest absolute Gasteiger partial charge is 0.494 e. The van der Waals surface area contributed by atoms with Gasteiger partial charge < -0.3 is 10.5 Å². The minimum atomic E-state index is -0.564. The van der Waals surface area contributed by atoms with Gasteiger partial charge in [-0.2, -0.15) is 0 Å². The minimum Gasteiger partial charge on any atom is -0.494 e. The van der Waals surface area contributed by atoms with Crippen LogP contribution in [0, 0.1) is 13.8 Å². The Morgan fingerprint density at radius 3 is 2.44 bits per heavy atom. The summed E-state index contributed by atoms with van der Waals surface area (Å²) < 4.78 is 5.20. The fraction of sp³-hybridized carbons (Fsp3) is 0.417. The van der Waals surface area contributed by atoms with E-state index in [1.54, 1.807) is 6.92 Å². The lowest BCUT2D eigenvalue weighted by atomic mass is 9.97. The second-order valence-corrected chi connectivity index (χ2v) is 4.26. The molecule has 0 aliphatic rings. The zero-order valence-corrected chi connectivity index (χ0v) is 10.7. The third-order valence-corrected chi connectivity index (χ3v) is 2.93. The van der Waals surface area contributed by atoms with Gasteiger partial charge >= 0.3 is 0 Å². The Labute approximate surface area is 101 Å². The smallest absolute Gasteiger partial charge is 0.183 e. The minimum absolute atomic E-state index is 0.156. The van der Waals surface area contributed by atoms with Gasteiger partial charge in [0.2, 0.25) is 0 Å². The first kappa shape index (κ1) is 13.0. The molecule has 0 amide bonds. The van der Waals surface area contributed by atoms with Crippen LogP contribution in [-0.2, 0) is 0 Å². The van der Waals surface area contributed by atoms with Crippen molar-refractivity contribution in [2.75, 3.05) is 7.11 Å². The molecule has 1 unspecified atom stereocenters. The quantitative estimate of drug-likeness (QED) is 0.828. The molecule has 0 bridgehead atoms. The monoisotopic (exact) mass is 241 g/mol. The number of carbonyl (C=O) groups excluding carboxylic acids is 1. The van der Waals surface area contributed by atoms with Crippen LogP contribution in [0.25, 0.3) is 0 Å². The SMILES string of the molecule is COc1c(Cl)c(C)cc(C)c1C(=O)C(C)N. The van der Waals surface area contributed by atoms with E-state index < -0.39 is 6.04 Å². The van der Waals surface area contributed by atoms with Crippen LogP contribution in [0.4, 0.5) is 0 Å². The van der Waals surface area contributed by atoms with Crippen LogP contribution < -0.4 is 10.5 Å². The first-order valence-corrected chi connectivity index (χ1v) is 5.41. The van der Waals surface area contributed by atoms with Crippen molar-refractivity contribution in [3.8, 4) is 5.75 Å². The predicted molar refractivity (Wildman–Crippen MR) is 65.5 cm³/mol. The number of halogens is 1. The molecule has 0 fully saturated rings. The van der Waals surface area contributed by atoms with E-state index in [0.29, 0.717) is 16.3 Å². The molecule has 0 spiro atoms. The summed E-state index contributed by atoms with van der Waals surface area (Å²) >= 11 is 6.10. The fourth-order valence-corrected chi connectivity index (χ4v) is 1.88. The van der Waals surface area contributed by atoms with E-state index in [4.69, 9.17) is 22.1 Å². The molecule has 0 aliphatic heterocycles.